The lowest BCUT2D eigenvalue weighted by Gasteiger charge is -2.15. The first-order valence-corrected chi connectivity index (χ1v) is 14.1. The molecule has 0 aliphatic heterocycles. The Morgan fingerprint density at radius 3 is 2.59 bits per heavy atom. The number of anilines is 1. The zero-order valence-corrected chi connectivity index (χ0v) is 25.0. The maximum absolute atomic E-state index is 13.4. The molecule has 39 heavy (non-hydrogen) atoms. The van der Waals surface area contributed by atoms with Gasteiger partial charge in [0, 0.05) is 16.1 Å². The van der Waals surface area contributed by atoms with Crippen molar-refractivity contribution in [3.63, 3.8) is 0 Å². The maximum atomic E-state index is 13.4. The van der Waals surface area contributed by atoms with E-state index >= 15 is 0 Å². The molecular formula is C29H28Br2N4O4. The largest absolute Gasteiger partial charge is 0.490 e. The van der Waals surface area contributed by atoms with Gasteiger partial charge < -0.3 is 14.8 Å². The van der Waals surface area contributed by atoms with E-state index in [-0.39, 0.29) is 24.0 Å². The molecular weight excluding hydrogens is 628 g/mol. The number of hydrogen-bond acceptors (Lipinski definition) is 6. The summed E-state index contributed by atoms with van der Waals surface area (Å²) in [7, 11) is 0. The number of ether oxygens (including phenoxy) is 2. The Labute approximate surface area is 243 Å². The average molecular weight is 656 g/mol. The lowest BCUT2D eigenvalue weighted by molar-refractivity contribution is -0.118. The highest BCUT2D eigenvalue weighted by atomic mass is 79.9. The molecule has 0 saturated carbocycles. The Morgan fingerprint density at radius 1 is 1.10 bits per heavy atom. The number of fused-ring (bicyclic) bond motifs is 1. The van der Waals surface area contributed by atoms with Crippen LogP contribution in [0, 0.1) is 0 Å². The molecule has 1 aromatic heterocycles. The molecule has 1 amide bonds. The van der Waals surface area contributed by atoms with Gasteiger partial charge in [0.1, 0.15) is 5.82 Å². The first-order chi connectivity index (χ1) is 18.8. The van der Waals surface area contributed by atoms with E-state index in [9.17, 15) is 9.59 Å². The zero-order valence-electron chi connectivity index (χ0n) is 21.8. The van der Waals surface area contributed by atoms with E-state index in [0.717, 1.165) is 10.9 Å². The molecule has 3 aromatic carbocycles. The summed E-state index contributed by atoms with van der Waals surface area (Å²) in [5, 5.41) is 7.80. The van der Waals surface area contributed by atoms with Gasteiger partial charge in [0.15, 0.2) is 18.1 Å². The third kappa shape index (κ3) is 6.93. The molecule has 4 rings (SSSR count). The summed E-state index contributed by atoms with van der Waals surface area (Å²) < 4.78 is 14.3. The number of hydrogen-bond donors (Lipinski definition) is 1. The first kappa shape index (κ1) is 28.5. The average Bonchev–Trinajstić information content (AvgIpc) is 2.92. The molecule has 10 heteroatoms. The van der Waals surface area contributed by atoms with Gasteiger partial charge >= 0.3 is 0 Å². The van der Waals surface area contributed by atoms with Gasteiger partial charge in [-0.25, -0.2) is 4.98 Å². The number of nitrogens with zero attached hydrogens (tertiary/aromatic N) is 3. The minimum atomic E-state index is -0.298. The molecule has 202 valence electrons. The zero-order chi connectivity index (χ0) is 27.9. The number of benzene rings is 3. The minimum Gasteiger partial charge on any atom is -0.490 e. The Hall–Kier alpha value is -3.50. The number of carbonyl (C=O) groups excluding carboxylic acids is 1. The van der Waals surface area contributed by atoms with Crippen molar-refractivity contribution in [2.45, 2.75) is 33.1 Å². The molecule has 0 saturated heterocycles. The summed E-state index contributed by atoms with van der Waals surface area (Å²) in [5.41, 5.74) is 1.73. The van der Waals surface area contributed by atoms with Crippen molar-refractivity contribution in [2.75, 3.05) is 18.5 Å². The maximum Gasteiger partial charge on any atom is 0.282 e. The van der Waals surface area contributed by atoms with Crippen LogP contribution in [-0.2, 0) is 4.79 Å². The molecule has 0 unspecified atom stereocenters. The van der Waals surface area contributed by atoms with Crippen LogP contribution in [0.25, 0.3) is 10.9 Å². The van der Waals surface area contributed by atoms with Crippen LogP contribution >= 0.6 is 31.9 Å². The fourth-order valence-corrected chi connectivity index (χ4v) is 4.76. The van der Waals surface area contributed by atoms with Crippen molar-refractivity contribution in [3.05, 3.63) is 91.4 Å². The number of nitrogens with one attached hydrogen (secondary N) is 1. The lowest BCUT2D eigenvalue weighted by atomic mass is 10.1. The Kier molecular flexibility index (Phi) is 9.53. The molecule has 0 radical (unpaired) electrons. The summed E-state index contributed by atoms with van der Waals surface area (Å²) in [4.78, 5) is 30.6. The third-order valence-corrected chi connectivity index (χ3v) is 7.03. The second kappa shape index (κ2) is 13.0. The van der Waals surface area contributed by atoms with E-state index in [1.165, 1.54) is 4.68 Å². The summed E-state index contributed by atoms with van der Waals surface area (Å²) >= 11 is 6.96. The number of para-hydroxylation sites is 1. The molecule has 0 aliphatic carbocycles. The first-order valence-electron chi connectivity index (χ1n) is 12.5. The Morgan fingerprint density at radius 2 is 1.87 bits per heavy atom. The smallest absolute Gasteiger partial charge is 0.282 e. The SMILES string of the molecule is CCOc1cc(C=Nn2c([C@@H](C)CC)nc3ccc(Br)cc3c2=O)cc(Br)c1OCC(=O)Nc1ccccc1. The van der Waals surface area contributed by atoms with Crippen molar-refractivity contribution in [2.24, 2.45) is 5.10 Å². The van der Waals surface area contributed by atoms with Gasteiger partial charge in [-0.05, 0) is 77.3 Å². The van der Waals surface area contributed by atoms with Crippen molar-refractivity contribution >= 4 is 60.6 Å². The summed E-state index contributed by atoms with van der Waals surface area (Å²) in [5.74, 6) is 1.14. The van der Waals surface area contributed by atoms with E-state index in [1.807, 2.05) is 51.1 Å². The Balaban J connectivity index is 1.64. The van der Waals surface area contributed by atoms with Gasteiger partial charge in [-0.1, -0.05) is 48.0 Å². The molecule has 1 N–H and O–H groups in total. The van der Waals surface area contributed by atoms with E-state index in [4.69, 9.17) is 14.5 Å². The van der Waals surface area contributed by atoms with Gasteiger partial charge in [0.05, 0.1) is 28.2 Å². The van der Waals surface area contributed by atoms with Crippen molar-refractivity contribution in [1.82, 2.24) is 9.66 Å². The number of carbonyl (C=O) groups is 1. The fourth-order valence-electron chi connectivity index (χ4n) is 3.83. The predicted octanol–water partition coefficient (Wildman–Crippen LogP) is 6.73. The van der Waals surface area contributed by atoms with Crippen molar-refractivity contribution in [1.29, 1.82) is 0 Å². The molecule has 0 fully saturated rings. The van der Waals surface area contributed by atoms with Gasteiger partial charge in [-0.2, -0.15) is 9.78 Å². The van der Waals surface area contributed by atoms with Crippen molar-refractivity contribution in [3.8, 4) is 11.5 Å². The summed E-state index contributed by atoms with van der Waals surface area (Å²) in [6.07, 6.45) is 2.38. The van der Waals surface area contributed by atoms with E-state index < -0.39 is 0 Å². The molecule has 1 heterocycles. The third-order valence-electron chi connectivity index (χ3n) is 5.95. The topological polar surface area (TPSA) is 94.8 Å². The summed E-state index contributed by atoms with van der Waals surface area (Å²) in [6, 6.07) is 18.1. The minimum absolute atomic E-state index is 0.0198. The monoisotopic (exact) mass is 654 g/mol. The summed E-state index contributed by atoms with van der Waals surface area (Å²) in [6.45, 7) is 6.11. The van der Waals surface area contributed by atoms with E-state index in [0.29, 0.717) is 50.6 Å². The number of aromatic nitrogens is 2. The second-order valence-corrected chi connectivity index (χ2v) is 10.5. The van der Waals surface area contributed by atoms with Crippen molar-refractivity contribution < 1.29 is 14.3 Å². The molecule has 4 aromatic rings. The van der Waals surface area contributed by atoms with Crippen LogP contribution in [0.4, 0.5) is 5.69 Å². The predicted molar refractivity (Wildman–Crippen MR) is 161 cm³/mol. The Bertz CT molecular complexity index is 1570. The van der Waals surface area contributed by atoms with Gasteiger partial charge in [-0.3, -0.25) is 9.59 Å². The van der Waals surface area contributed by atoms with Gasteiger partial charge in [-0.15, -0.1) is 0 Å². The normalized spacial score (nSPS) is 12.0. The highest BCUT2D eigenvalue weighted by molar-refractivity contribution is 9.10. The van der Waals surface area contributed by atoms with Gasteiger partial charge in [0.25, 0.3) is 11.5 Å². The van der Waals surface area contributed by atoms with Gasteiger partial charge in [0.2, 0.25) is 0 Å². The van der Waals surface area contributed by atoms with Crippen LogP contribution in [0.15, 0.2) is 79.5 Å². The molecule has 0 aliphatic rings. The van der Waals surface area contributed by atoms with E-state index in [1.54, 1.807) is 36.5 Å². The van der Waals surface area contributed by atoms with Crippen LogP contribution in [0.2, 0.25) is 0 Å². The number of rotatable bonds is 10. The highest BCUT2D eigenvalue weighted by Crippen LogP contribution is 2.36. The van der Waals surface area contributed by atoms with Crippen LogP contribution in [-0.4, -0.2) is 35.0 Å². The van der Waals surface area contributed by atoms with Crippen LogP contribution in [0.5, 0.6) is 11.5 Å². The second-order valence-electron chi connectivity index (χ2n) is 8.77. The standard InChI is InChI=1S/C29H28Br2N4O4/c1-4-18(3)28-34-24-12-11-20(30)15-22(24)29(37)35(28)32-16-19-13-23(31)27(25(14-19)38-5-2)39-17-26(36)33-21-9-7-6-8-10-21/h6-16,18H,4-5,17H2,1-3H3,(H,33,36)/t18-/m0/s1. The highest BCUT2D eigenvalue weighted by Gasteiger charge is 2.17. The number of halogens is 2. The van der Waals surface area contributed by atoms with Crippen LogP contribution in [0.1, 0.15) is 44.5 Å². The molecule has 1 atom stereocenters. The quantitative estimate of drug-likeness (QED) is 0.191. The van der Waals surface area contributed by atoms with Crippen LogP contribution < -0.4 is 20.3 Å². The molecule has 0 spiro atoms. The fraction of sp³-hybridized carbons (Fsp3) is 0.241. The van der Waals surface area contributed by atoms with E-state index in [2.05, 4.69) is 42.3 Å². The number of amides is 1. The molecule has 0 bridgehead atoms. The molecule has 8 nitrogen and oxygen atoms in total. The van der Waals surface area contributed by atoms with Crippen LogP contribution in [0.3, 0.4) is 0 Å². The lowest BCUT2D eigenvalue weighted by Crippen LogP contribution is -2.23.